The number of nitrogens with zero attached hydrogens (tertiary/aromatic N) is 1. The summed E-state index contributed by atoms with van der Waals surface area (Å²) in [5.41, 5.74) is 3.60. The Labute approximate surface area is 173 Å². The van der Waals surface area contributed by atoms with Crippen LogP contribution in [0.1, 0.15) is 36.8 Å². The van der Waals surface area contributed by atoms with Crippen molar-refractivity contribution in [1.29, 1.82) is 0 Å². The maximum Gasteiger partial charge on any atom is 0.469 e. The van der Waals surface area contributed by atoms with E-state index in [2.05, 4.69) is 41.8 Å². The molecule has 0 saturated carbocycles. The second-order valence-electron chi connectivity index (χ2n) is 6.54. The van der Waals surface area contributed by atoms with Crippen molar-refractivity contribution in [2.45, 2.75) is 30.9 Å². The van der Waals surface area contributed by atoms with Crippen LogP contribution in [0.4, 0.5) is 0 Å². The van der Waals surface area contributed by atoms with Gasteiger partial charge in [-0.05, 0) is 29.5 Å². The molecule has 1 aliphatic carbocycles. The molecule has 6 nitrogen and oxygen atoms in total. The van der Waals surface area contributed by atoms with Crippen LogP contribution in [-0.4, -0.2) is 43.3 Å². The van der Waals surface area contributed by atoms with Crippen LogP contribution in [-0.2, 0) is 13.9 Å². The Morgan fingerprint density at radius 1 is 1.36 bits per heavy atom. The molecule has 2 atom stereocenters. The van der Waals surface area contributed by atoms with Crippen molar-refractivity contribution in [3.63, 3.8) is 0 Å². The number of hydrogen-bond donors (Lipinski definition) is 2. The highest BCUT2D eigenvalue weighted by Crippen LogP contribution is 2.38. The number of rotatable bonds is 7. The zero-order chi connectivity index (χ0) is 20.3. The number of fused-ring (bicyclic) bond motifs is 1. The zero-order valence-electron chi connectivity index (χ0n) is 15.4. The van der Waals surface area contributed by atoms with Crippen molar-refractivity contribution >= 4 is 47.6 Å². The molecule has 2 N–H and O–H groups in total. The molecule has 0 spiro atoms. The normalized spacial score (nSPS) is 23.5. The third-order valence-corrected chi connectivity index (χ3v) is 6.88. The summed E-state index contributed by atoms with van der Waals surface area (Å²) in [4.78, 5) is 31.5. The van der Waals surface area contributed by atoms with Crippen LogP contribution in [0.5, 0.6) is 0 Å². The largest absolute Gasteiger partial charge is 0.469 e. The Morgan fingerprint density at radius 3 is 2.82 bits per heavy atom. The maximum absolute atomic E-state index is 12.6. The second-order valence-corrected chi connectivity index (χ2v) is 9.62. The molecule has 0 bridgehead atoms. The highest BCUT2D eigenvalue weighted by atomic mass is 32.2. The highest BCUT2D eigenvalue weighted by Gasteiger charge is 2.36. The van der Waals surface area contributed by atoms with Crippen LogP contribution in [0.2, 0.25) is 0 Å². The molecule has 2 aliphatic rings. The quantitative estimate of drug-likeness (QED) is 0.493. The minimum atomic E-state index is -4.55. The fraction of sp³-hybridized carbons (Fsp3) is 0.368. The first-order valence-electron chi connectivity index (χ1n) is 9.00. The predicted octanol–water partition coefficient (Wildman–Crippen LogP) is 3.86. The molecule has 0 aromatic heterocycles. The lowest BCUT2D eigenvalue weighted by Crippen LogP contribution is -2.34. The van der Waals surface area contributed by atoms with E-state index in [0.717, 1.165) is 12.0 Å². The number of hydrogen-bond acceptors (Lipinski definition) is 5. The van der Waals surface area contributed by atoms with Gasteiger partial charge in [0, 0.05) is 5.92 Å². The fourth-order valence-corrected chi connectivity index (χ4v) is 5.19. The van der Waals surface area contributed by atoms with Gasteiger partial charge >= 0.3 is 7.82 Å². The molecule has 2 unspecified atom stereocenters. The lowest BCUT2D eigenvalue weighted by molar-refractivity contribution is -0.126. The van der Waals surface area contributed by atoms with Crippen LogP contribution in [0.15, 0.2) is 42.5 Å². The average Bonchev–Trinajstić information content (AvgIpc) is 2.92. The molecule has 0 radical (unpaired) electrons. The summed E-state index contributed by atoms with van der Waals surface area (Å²) in [5, 5.41) is -0.334. The highest BCUT2D eigenvalue weighted by molar-refractivity contribution is 8.24. The standard InChI is InChI=1S/C19H22NO5PS2/c1-2-13-7-8-14(16-6-4-3-5-15(13)16)9-10-17-18(21)20(19(27)28-17)11-12-25-26(22,23)24/h3-9,13,17H,2,10-12H2,1H3,(H2,22,23,24). The zero-order valence-corrected chi connectivity index (χ0v) is 17.9. The molecular formula is C19H22NO5PS2. The summed E-state index contributed by atoms with van der Waals surface area (Å²) in [6, 6.07) is 8.32. The first-order valence-corrected chi connectivity index (χ1v) is 11.8. The van der Waals surface area contributed by atoms with Gasteiger partial charge in [-0.25, -0.2) is 4.57 Å². The first-order chi connectivity index (χ1) is 13.3. The molecule has 1 aliphatic heterocycles. The number of thiocarbonyl (C=S) groups is 1. The number of amides is 1. The monoisotopic (exact) mass is 439 g/mol. The van der Waals surface area contributed by atoms with E-state index in [1.807, 2.05) is 12.1 Å². The van der Waals surface area contributed by atoms with Crippen molar-refractivity contribution in [2.75, 3.05) is 13.2 Å². The molecule has 1 amide bonds. The van der Waals surface area contributed by atoms with Crippen LogP contribution in [0.25, 0.3) is 5.57 Å². The van der Waals surface area contributed by atoms with E-state index in [9.17, 15) is 9.36 Å². The summed E-state index contributed by atoms with van der Waals surface area (Å²) in [5.74, 6) is 0.258. The maximum atomic E-state index is 12.6. The number of benzene rings is 1. The third-order valence-electron chi connectivity index (χ3n) is 4.75. The Hall–Kier alpha value is -1.28. The number of carbonyl (C=O) groups is 1. The van der Waals surface area contributed by atoms with Gasteiger partial charge in [-0.2, -0.15) is 0 Å². The molecule has 1 aromatic rings. The van der Waals surface area contributed by atoms with Gasteiger partial charge in [0.1, 0.15) is 4.32 Å². The van der Waals surface area contributed by atoms with E-state index in [1.54, 1.807) is 0 Å². The minimum Gasteiger partial charge on any atom is -0.303 e. The van der Waals surface area contributed by atoms with Crippen LogP contribution >= 0.6 is 31.8 Å². The second kappa shape index (κ2) is 9.03. The SMILES string of the molecule is CCC1C=CC(=CCC2SC(=S)N(CCOP(=O)(O)O)C2=O)c2ccccc21. The van der Waals surface area contributed by atoms with E-state index >= 15 is 0 Å². The van der Waals surface area contributed by atoms with Gasteiger partial charge in [0.05, 0.1) is 18.4 Å². The Bertz CT molecular complexity index is 879. The topological polar surface area (TPSA) is 87.1 Å². The number of phosphoric ester groups is 1. The third kappa shape index (κ3) is 5.00. The van der Waals surface area contributed by atoms with E-state index in [-0.39, 0.29) is 24.3 Å². The number of thioether (sulfide) groups is 1. The molecule has 1 aromatic carbocycles. The smallest absolute Gasteiger partial charge is 0.303 e. The summed E-state index contributed by atoms with van der Waals surface area (Å²) in [7, 11) is -4.55. The molecule has 150 valence electrons. The fourth-order valence-electron chi connectivity index (χ4n) is 3.37. The summed E-state index contributed by atoms with van der Waals surface area (Å²) >= 11 is 6.55. The van der Waals surface area contributed by atoms with Crippen LogP contribution in [0, 0.1) is 0 Å². The summed E-state index contributed by atoms with van der Waals surface area (Å²) < 4.78 is 15.6. The Balaban J connectivity index is 1.67. The average molecular weight is 439 g/mol. The summed E-state index contributed by atoms with van der Waals surface area (Å²) in [6.07, 6.45) is 7.95. The van der Waals surface area contributed by atoms with Gasteiger partial charge < -0.3 is 9.79 Å². The molecule has 1 fully saturated rings. The first kappa shape index (κ1) is 21.4. The van der Waals surface area contributed by atoms with Crippen molar-refractivity contribution in [3.8, 4) is 0 Å². The minimum absolute atomic E-state index is 0.0315. The molecule has 3 rings (SSSR count). The lowest BCUT2D eigenvalue weighted by Gasteiger charge is -2.21. The molecule has 1 saturated heterocycles. The van der Waals surface area contributed by atoms with E-state index in [4.69, 9.17) is 22.0 Å². The van der Waals surface area contributed by atoms with E-state index < -0.39 is 7.82 Å². The van der Waals surface area contributed by atoms with Gasteiger partial charge in [-0.15, -0.1) is 0 Å². The van der Waals surface area contributed by atoms with Crippen LogP contribution in [0.3, 0.4) is 0 Å². The Kier molecular flexibility index (Phi) is 6.91. The van der Waals surface area contributed by atoms with Gasteiger partial charge in [-0.3, -0.25) is 14.2 Å². The number of allylic oxidation sites excluding steroid dienone is 4. The van der Waals surface area contributed by atoms with Crippen molar-refractivity contribution in [2.24, 2.45) is 0 Å². The van der Waals surface area contributed by atoms with Gasteiger partial charge in [0.15, 0.2) is 0 Å². The van der Waals surface area contributed by atoms with Crippen LogP contribution < -0.4 is 0 Å². The summed E-state index contributed by atoms with van der Waals surface area (Å²) in [6.45, 7) is 1.93. The van der Waals surface area contributed by atoms with E-state index in [1.165, 1.54) is 27.8 Å². The molecule has 28 heavy (non-hydrogen) atoms. The van der Waals surface area contributed by atoms with Gasteiger partial charge in [0.2, 0.25) is 5.91 Å². The van der Waals surface area contributed by atoms with E-state index in [0.29, 0.717) is 16.7 Å². The Morgan fingerprint density at radius 2 is 2.11 bits per heavy atom. The lowest BCUT2D eigenvalue weighted by atomic mass is 9.83. The van der Waals surface area contributed by atoms with Gasteiger partial charge in [-0.1, -0.05) is 73.4 Å². The number of carbonyl (C=O) groups excluding carboxylic acids is 1. The van der Waals surface area contributed by atoms with Crippen molar-refractivity contribution in [3.05, 3.63) is 53.6 Å². The van der Waals surface area contributed by atoms with Gasteiger partial charge in [0.25, 0.3) is 0 Å². The predicted molar refractivity (Wildman–Crippen MR) is 115 cm³/mol. The molecule has 9 heteroatoms. The van der Waals surface area contributed by atoms with Crippen molar-refractivity contribution < 1.29 is 23.7 Å². The molecule has 1 heterocycles. The van der Waals surface area contributed by atoms with Crippen molar-refractivity contribution in [1.82, 2.24) is 4.90 Å². The molecular weight excluding hydrogens is 417 g/mol. The number of phosphoric acid groups is 1.